The molecule has 2 amide bonds. The summed E-state index contributed by atoms with van der Waals surface area (Å²) in [6, 6.07) is 9.31. The zero-order chi connectivity index (χ0) is 16.8. The van der Waals surface area contributed by atoms with Gasteiger partial charge in [-0.2, -0.15) is 0 Å². The molecule has 0 atom stereocenters. The Labute approximate surface area is 142 Å². The second kappa shape index (κ2) is 7.90. The molecule has 1 heterocycles. The molecular formula is C19H24N4O. The molecule has 1 aliphatic rings. The molecule has 1 aromatic carbocycles. The van der Waals surface area contributed by atoms with E-state index in [1.54, 1.807) is 6.20 Å². The number of hydrogen-bond acceptors (Lipinski definition) is 3. The first kappa shape index (κ1) is 16.4. The minimum absolute atomic E-state index is 0.146. The van der Waals surface area contributed by atoms with Crippen LogP contribution in [-0.4, -0.2) is 22.5 Å². The molecule has 1 saturated carbocycles. The molecule has 0 unspecified atom stereocenters. The van der Waals surface area contributed by atoms with Gasteiger partial charge in [-0.25, -0.2) is 14.8 Å². The normalized spacial score (nSPS) is 14.5. The summed E-state index contributed by atoms with van der Waals surface area (Å²) in [5.74, 6) is 1.49. The first-order valence-electron chi connectivity index (χ1n) is 8.65. The van der Waals surface area contributed by atoms with Crippen molar-refractivity contribution >= 4 is 11.7 Å². The molecule has 1 fully saturated rings. The van der Waals surface area contributed by atoms with E-state index >= 15 is 0 Å². The lowest BCUT2D eigenvalue weighted by atomic mass is 10.0. The molecule has 0 spiro atoms. The molecule has 0 aliphatic heterocycles. The average molecular weight is 324 g/mol. The molecule has 0 saturated heterocycles. The summed E-state index contributed by atoms with van der Waals surface area (Å²) in [6.07, 6.45) is 8.14. The Morgan fingerprint density at radius 3 is 2.62 bits per heavy atom. The quantitative estimate of drug-likeness (QED) is 0.868. The highest BCUT2D eigenvalue weighted by Crippen LogP contribution is 2.26. The zero-order valence-corrected chi connectivity index (χ0v) is 14.1. The Hall–Kier alpha value is -2.43. The lowest BCUT2D eigenvalue weighted by Crippen LogP contribution is -2.30. The Morgan fingerprint density at radius 2 is 1.92 bits per heavy atom. The average Bonchev–Trinajstić information content (AvgIpc) is 3.09. The van der Waals surface area contributed by atoms with E-state index in [0.717, 1.165) is 35.8 Å². The molecule has 0 bridgehead atoms. The maximum atomic E-state index is 11.9. The van der Waals surface area contributed by atoms with Gasteiger partial charge in [0.15, 0.2) is 5.82 Å². The number of aromatic nitrogens is 2. The maximum absolute atomic E-state index is 11.9. The number of rotatable bonds is 5. The summed E-state index contributed by atoms with van der Waals surface area (Å²) in [7, 11) is 0. The predicted molar refractivity (Wildman–Crippen MR) is 95.8 cm³/mol. The van der Waals surface area contributed by atoms with Gasteiger partial charge in [0, 0.05) is 29.7 Å². The highest BCUT2D eigenvalue weighted by atomic mass is 16.2. The Balaban J connectivity index is 1.49. The first-order valence-corrected chi connectivity index (χ1v) is 8.65. The summed E-state index contributed by atoms with van der Waals surface area (Å²) >= 11 is 0. The van der Waals surface area contributed by atoms with Crippen LogP contribution in [0.25, 0.3) is 11.4 Å². The second-order valence-electron chi connectivity index (χ2n) is 6.42. The number of carbonyl (C=O) groups excluding carboxylic acids is 1. The number of nitrogens with zero attached hydrogens (tertiary/aromatic N) is 2. The predicted octanol–water partition coefficient (Wildman–Crippen LogP) is 4.15. The third-order valence-corrected chi connectivity index (χ3v) is 4.51. The highest BCUT2D eigenvalue weighted by molar-refractivity contribution is 5.89. The molecule has 3 rings (SSSR count). The van der Waals surface area contributed by atoms with E-state index in [1.807, 2.05) is 37.3 Å². The number of anilines is 1. The van der Waals surface area contributed by atoms with Crippen molar-refractivity contribution in [2.75, 3.05) is 11.9 Å². The molecule has 1 aliphatic carbocycles. The highest BCUT2D eigenvalue weighted by Gasteiger charge is 2.14. The number of nitrogens with one attached hydrogen (secondary N) is 2. The van der Waals surface area contributed by atoms with Gasteiger partial charge in [-0.15, -0.1) is 0 Å². The van der Waals surface area contributed by atoms with Gasteiger partial charge in [0.1, 0.15) is 0 Å². The number of hydrogen-bond donors (Lipinski definition) is 2. The van der Waals surface area contributed by atoms with E-state index in [0.29, 0.717) is 5.82 Å². The SMILES string of the molecule is Cc1ccnc(-c2ccc(NC(=O)NCCC3CCCC3)cc2)n1. The van der Waals surface area contributed by atoms with Crippen molar-refractivity contribution in [3.05, 3.63) is 42.2 Å². The number of benzene rings is 1. The van der Waals surface area contributed by atoms with Crippen LogP contribution >= 0.6 is 0 Å². The summed E-state index contributed by atoms with van der Waals surface area (Å²) in [4.78, 5) is 20.6. The second-order valence-corrected chi connectivity index (χ2v) is 6.42. The standard InChI is InChI=1S/C19H24N4O/c1-14-10-12-20-18(22-14)16-6-8-17(9-7-16)23-19(24)21-13-11-15-4-2-3-5-15/h6-10,12,15H,2-5,11,13H2,1H3,(H2,21,23,24). The van der Waals surface area contributed by atoms with Crippen LogP contribution in [-0.2, 0) is 0 Å². The molecule has 0 radical (unpaired) electrons. The maximum Gasteiger partial charge on any atom is 0.319 e. The van der Waals surface area contributed by atoms with Crippen molar-refractivity contribution in [2.24, 2.45) is 5.92 Å². The van der Waals surface area contributed by atoms with Gasteiger partial charge < -0.3 is 10.6 Å². The fourth-order valence-corrected chi connectivity index (χ4v) is 3.15. The minimum atomic E-state index is -0.146. The molecule has 24 heavy (non-hydrogen) atoms. The van der Waals surface area contributed by atoms with Crippen LogP contribution in [0.2, 0.25) is 0 Å². The van der Waals surface area contributed by atoms with Gasteiger partial charge >= 0.3 is 6.03 Å². The smallest absolute Gasteiger partial charge is 0.319 e. The molecule has 2 aromatic rings. The fourth-order valence-electron chi connectivity index (χ4n) is 3.15. The van der Waals surface area contributed by atoms with E-state index in [2.05, 4.69) is 20.6 Å². The van der Waals surface area contributed by atoms with Crippen molar-refractivity contribution in [1.29, 1.82) is 0 Å². The monoisotopic (exact) mass is 324 g/mol. The first-order chi connectivity index (χ1) is 11.7. The van der Waals surface area contributed by atoms with Crippen LogP contribution in [0.4, 0.5) is 10.5 Å². The fraction of sp³-hybridized carbons (Fsp3) is 0.421. The largest absolute Gasteiger partial charge is 0.338 e. The van der Waals surface area contributed by atoms with Crippen molar-refractivity contribution in [1.82, 2.24) is 15.3 Å². The molecule has 5 heteroatoms. The topological polar surface area (TPSA) is 66.9 Å². The van der Waals surface area contributed by atoms with Crippen molar-refractivity contribution < 1.29 is 4.79 Å². The lowest BCUT2D eigenvalue weighted by molar-refractivity contribution is 0.251. The zero-order valence-electron chi connectivity index (χ0n) is 14.1. The lowest BCUT2D eigenvalue weighted by Gasteiger charge is -2.11. The van der Waals surface area contributed by atoms with Crippen LogP contribution in [0.3, 0.4) is 0 Å². The number of carbonyl (C=O) groups is 1. The summed E-state index contributed by atoms with van der Waals surface area (Å²) in [5, 5.41) is 5.80. The van der Waals surface area contributed by atoms with Crippen LogP contribution < -0.4 is 10.6 Å². The van der Waals surface area contributed by atoms with Gasteiger partial charge in [-0.1, -0.05) is 25.7 Å². The van der Waals surface area contributed by atoms with Gasteiger partial charge in [0.05, 0.1) is 0 Å². The number of urea groups is 1. The van der Waals surface area contributed by atoms with E-state index in [4.69, 9.17) is 0 Å². The molecule has 126 valence electrons. The molecule has 5 nitrogen and oxygen atoms in total. The van der Waals surface area contributed by atoms with Crippen LogP contribution in [0.1, 0.15) is 37.8 Å². The van der Waals surface area contributed by atoms with Gasteiger partial charge in [-0.3, -0.25) is 0 Å². The number of amides is 2. The Morgan fingerprint density at radius 1 is 1.17 bits per heavy atom. The molecule has 2 N–H and O–H groups in total. The van der Waals surface area contributed by atoms with E-state index < -0.39 is 0 Å². The summed E-state index contributed by atoms with van der Waals surface area (Å²) < 4.78 is 0. The minimum Gasteiger partial charge on any atom is -0.338 e. The van der Waals surface area contributed by atoms with Crippen LogP contribution in [0.5, 0.6) is 0 Å². The Kier molecular flexibility index (Phi) is 5.41. The van der Waals surface area contributed by atoms with E-state index in [-0.39, 0.29) is 6.03 Å². The van der Waals surface area contributed by atoms with Crippen molar-refractivity contribution in [2.45, 2.75) is 39.0 Å². The third-order valence-electron chi connectivity index (χ3n) is 4.51. The van der Waals surface area contributed by atoms with Crippen molar-refractivity contribution in [3.8, 4) is 11.4 Å². The summed E-state index contributed by atoms with van der Waals surface area (Å²) in [6.45, 7) is 2.68. The van der Waals surface area contributed by atoms with E-state index in [1.165, 1.54) is 25.7 Å². The van der Waals surface area contributed by atoms with Gasteiger partial charge in [0.2, 0.25) is 0 Å². The third kappa shape index (κ3) is 4.54. The number of aryl methyl sites for hydroxylation is 1. The van der Waals surface area contributed by atoms with Crippen LogP contribution in [0, 0.1) is 12.8 Å². The molecule has 1 aromatic heterocycles. The Bertz CT molecular complexity index is 678. The van der Waals surface area contributed by atoms with E-state index in [9.17, 15) is 4.79 Å². The van der Waals surface area contributed by atoms with Gasteiger partial charge in [0.25, 0.3) is 0 Å². The molecular weight excluding hydrogens is 300 g/mol. The van der Waals surface area contributed by atoms with Crippen molar-refractivity contribution in [3.63, 3.8) is 0 Å². The van der Waals surface area contributed by atoms with Gasteiger partial charge in [-0.05, 0) is 49.6 Å². The summed E-state index contributed by atoms with van der Waals surface area (Å²) in [5.41, 5.74) is 2.64. The van der Waals surface area contributed by atoms with Crippen LogP contribution in [0.15, 0.2) is 36.5 Å².